The molecule has 0 unspecified atom stereocenters. The van der Waals surface area contributed by atoms with Gasteiger partial charge in [0.15, 0.2) is 23.1 Å². The zero-order chi connectivity index (χ0) is 29.9. The van der Waals surface area contributed by atoms with Crippen LogP contribution in [0, 0.1) is 14.4 Å². The summed E-state index contributed by atoms with van der Waals surface area (Å²) in [4.78, 5) is 40.9. The Hall–Kier alpha value is -3.14. The number of benzene rings is 2. The minimum atomic E-state index is -0.977. The van der Waals surface area contributed by atoms with E-state index in [0.717, 1.165) is 50.1 Å². The Morgan fingerprint density at radius 1 is 0.951 bits per heavy atom. The average molecular weight is 670 g/mol. The van der Waals surface area contributed by atoms with E-state index in [-0.39, 0.29) is 34.6 Å². The van der Waals surface area contributed by atoms with Crippen LogP contribution in [0.3, 0.4) is 0 Å². The van der Waals surface area contributed by atoms with Crippen LogP contribution in [-0.2, 0) is 16.2 Å². The summed E-state index contributed by atoms with van der Waals surface area (Å²) in [6.07, 6.45) is 2.41. The number of allylic oxidation sites excluding steroid dienone is 4. The molecule has 216 valence electrons. The van der Waals surface area contributed by atoms with Gasteiger partial charge >= 0.3 is 5.97 Å². The molecule has 7 nitrogen and oxygen atoms in total. The summed E-state index contributed by atoms with van der Waals surface area (Å²) < 4.78 is 12.8. The van der Waals surface area contributed by atoms with Gasteiger partial charge in [0.1, 0.15) is 6.61 Å². The highest BCUT2D eigenvalue weighted by atomic mass is 127. The Morgan fingerprint density at radius 3 is 1.98 bits per heavy atom. The average Bonchev–Trinajstić information content (AvgIpc) is 2.88. The number of nitrogens with zero attached hydrogens (tertiary/aromatic N) is 1. The molecular formula is C33H36INO6. The summed E-state index contributed by atoms with van der Waals surface area (Å²) in [5, 5.41) is 9.16. The molecule has 2 aromatic carbocycles. The van der Waals surface area contributed by atoms with Crippen LogP contribution in [0.25, 0.3) is 0 Å². The first-order valence-corrected chi connectivity index (χ1v) is 14.9. The SMILES string of the molecule is COc1cc(C2C3=C(CC(C)(C)CC3=O)N(C)C3=C2C(=O)CC(C)(C)C3)cc(I)c1OCc1ccc(C(=O)O)cc1. The van der Waals surface area contributed by atoms with Crippen molar-refractivity contribution in [3.63, 3.8) is 0 Å². The number of aromatic carboxylic acids is 1. The number of Topliss-reactive ketones (excluding diaryl/α,β-unsaturated/α-hetero) is 2. The molecule has 0 saturated heterocycles. The van der Waals surface area contributed by atoms with Gasteiger partial charge in [-0.25, -0.2) is 4.79 Å². The van der Waals surface area contributed by atoms with Crippen molar-refractivity contribution < 1.29 is 29.0 Å². The molecule has 2 aromatic rings. The normalized spacial score (nSPS) is 20.1. The summed E-state index contributed by atoms with van der Waals surface area (Å²) in [7, 11) is 3.59. The Kier molecular flexibility index (Phi) is 7.59. The lowest BCUT2D eigenvalue weighted by atomic mass is 9.64. The van der Waals surface area contributed by atoms with Crippen LogP contribution in [0.4, 0.5) is 0 Å². The van der Waals surface area contributed by atoms with Crippen molar-refractivity contribution in [1.29, 1.82) is 0 Å². The number of methoxy groups -OCH3 is 1. The van der Waals surface area contributed by atoms with Crippen molar-refractivity contribution in [2.24, 2.45) is 10.8 Å². The zero-order valence-electron chi connectivity index (χ0n) is 24.4. The molecule has 1 aliphatic heterocycles. The third-order valence-electron chi connectivity index (χ3n) is 8.35. The molecule has 1 heterocycles. The van der Waals surface area contributed by atoms with Gasteiger partial charge in [0.05, 0.1) is 16.2 Å². The smallest absolute Gasteiger partial charge is 0.335 e. The van der Waals surface area contributed by atoms with Gasteiger partial charge in [-0.05, 0) is 81.7 Å². The lowest BCUT2D eigenvalue weighted by Gasteiger charge is -2.48. The molecule has 5 rings (SSSR count). The molecule has 0 atom stereocenters. The van der Waals surface area contributed by atoms with Gasteiger partial charge in [0, 0.05) is 48.3 Å². The van der Waals surface area contributed by atoms with Crippen molar-refractivity contribution in [3.05, 3.63) is 79.2 Å². The maximum atomic E-state index is 13.8. The summed E-state index contributed by atoms with van der Waals surface area (Å²) in [5.41, 5.74) is 5.04. The molecule has 0 bridgehead atoms. The zero-order valence-corrected chi connectivity index (χ0v) is 26.5. The molecular weight excluding hydrogens is 633 g/mol. The van der Waals surface area contributed by atoms with E-state index in [0.29, 0.717) is 24.3 Å². The molecule has 3 aliphatic rings. The Balaban J connectivity index is 1.58. The number of carboxylic acids is 1. The van der Waals surface area contributed by atoms with Crippen LogP contribution in [-0.4, -0.2) is 41.7 Å². The number of ketones is 2. The second-order valence-corrected chi connectivity index (χ2v) is 14.1. The molecule has 1 N–H and O–H groups in total. The third kappa shape index (κ3) is 5.55. The molecule has 2 aliphatic carbocycles. The molecule has 41 heavy (non-hydrogen) atoms. The molecule has 0 amide bonds. The van der Waals surface area contributed by atoms with E-state index >= 15 is 0 Å². The highest BCUT2D eigenvalue weighted by Gasteiger charge is 2.48. The summed E-state index contributed by atoms with van der Waals surface area (Å²) >= 11 is 2.21. The Morgan fingerprint density at radius 2 is 1.49 bits per heavy atom. The van der Waals surface area contributed by atoms with Gasteiger partial charge in [-0.2, -0.15) is 0 Å². The third-order valence-corrected chi connectivity index (χ3v) is 9.15. The van der Waals surface area contributed by atoms with E-state index in [9.17, 15) is 14.4 Å². The first-order chi connectivity index (χ1) is 19.2. The summed E-state index contributed by atoms with van der Waals surface area (Å²) in [6, 6.07) is 10.4. The summed E-state index contributed by atoms with van der Waals surface area (Å²) in [5.74, 6) is -0.168. The molecule has 0 saturated carbocycles. The molecule has 8 heteroatoms. The Labute approximate surface area is 254 Å². The van der Waals surface area contributed by atoms with Crippen LogP contribution >= 0.6 is 22.6 Å². The van der Waals surface area contributed by atoms with Gasteiger partial charge in [0.2, 0.25) is 0 Å². The number of halogens is 1. The fourth-order valence-corrected chi connectivity index (χ4v) is 7.22. The second-order valence-electron chi connectivity index (χ2n) is 12.9. The van der Waals surface area contributed by atoms with Crippen molar-refractivity contribution >= 4 is 40.1 Å². The monoisotopic (exact) mass is 669 g/mol. The van der Waals surface area contributed by atoms with Crippen LogP contribution in [0.15, 0.2) is 58.9 Å². The minimum Gasteiger partial charge on any atom is -0.493 e. The maximum absolute atomic E-state index is 13.8. The van der Waals surface area contributed by atoms with E-state index in [1.165, 1.54) is 0 Å². The van der Waals surface area contributed by atoms with Gasteiger partial charge in [-0.1, -0.05) is 39.8 Å². The quantitative estimate of drug-likeness (QED) is 0.335. The first-order valence-electron chi connectivity index (χ1n) is 13.8. The largest absolute Gasteiger partial charge is 0.493 e. The fraction of sp³-hybridized carbons (Fsp3) is 0.424. The molecule has 0 aromatic heterocycles. The molecule has 0 radical (unpaired) electrons. The van der Waals surface area contributed by atoms with Crippen LogP contribution in [0.5, 0.6) is 11.5 Å². The Bertz CT molecular complexity index is 1460. The predicted molar refractivity (Wildman–Crippen MR) is 164 cm³/mol. The lowest BCUT2D eigenvalue weighted by molar-refractivity contribution is -0.119. The summed E-state index contributed by atoms with van der Waals surface area (Å²) in [6.45, 7) is 8.75. The molecule has 0 spiro atoms. The van der Waals surface area contributed by atoms with E-state index in [2.05, 4.69) is 55.2 Å². The topological polar surface area (TPSA) is 93.1 Å². The van der Waals surface area contributed by atoms with Crippen molar-refractivity contribution in [3.8, 4) is 11.5 Å². The minimum absolute atomic E-state index is 0.0939. The van der Waals surface area contributed by atoms with E-state index < -0.39 is 11.9 Å². The van der Waals surface area contributed by atoms with Crippen molar-refractivity contribution in [2.75, 3.05) is 14.2 Å². The number of ether oxygens (including phenoxy) is 2. The van der Waals surface area contributed by atoms with Gasteiger partial charge in [0.25, 0.3) is 0 Å². The fourth-order valence-electron chi connectivity index (χ4n) is 6.44. The standard InChI is InChI=1S/C33H36INO6/c1-32(2)13-22-28(24(36)15-32)27(29-23(35(22)5)14-33(3,4)16-25(29)37)20-11-21(34)30(26(12-20)40-6)41-17-18-7-9-19(10-8-18)31(38)39/h7-12,27H,13-17H2,1-6H3,(H,38,39). The van der Waals surface area contributed by atoms with E-state index in [4.69, 9.17) is 14.6 Å². The van der Waals surface area contributed by atoms with E-state index in [1.54, 1.807) is 31.4 Å². The second kappa shape index (κ2) is 10.6. The first kappa shape index (κ1) is 29.4. The number of hydrogen-bond acceptors (Lipinski definition) is 6. The maximum Gasteiger partial charge on any atom is 0.335 e. The van der Waals surface area contributed by atoms with Crippen LogP contribution in [0.1, 0.15) is 80.8 Å². The lowest BCUT2D eigenvalue weighted by Crippen LogP contribution is -2.43. The number of rotatable bonds is 6. The highest BCUT2D eigenvalue weighted by molar-refractivity contribution is 14.1. The number of carbonyl (C=O) groups excluding carboxylic acids is 2. The van der Waals surface area contributed by atoms with Crippen LogP contribution < -0.4 is 9.47 Å². The number of carboxylic acid groups (broad SMARTS) is 1. The van der Waals surface area contributed by atoms with Crippen LogP contribution in [0.2, 0.25) is 0 Å². The number of hydrogen-bond donors (Lipinski definition) is 1. The van der Waals surface area contributed by atoms with Gasteiger partial charge < -0.3 is 19.5 Å². The number of carbonyl (C=O) groups is 3. The predicted octanol–water partition coefficient (Wildman–Crippen LogP) is 6.89. The highest BCUT2D eigenvalue weighted by Crippen LogP contribution is 2.54. The van der Waals surface area contributed by atoms with Gasteiger partial charge in [-0.15, -0.1) is 0 Å². The van der Waals surface area contributed by atoms with Crippen molar-refractivity contribution in [2.45, 2.75) is 65.9 Å². The molecule has 0 fully saturated rings. The van der Waals surface area contributed by atoms with Gasteiger partial charge in [-0.3, -0.25) is 9.59 Å². The van der Waals surface area contributed by atoms with Crippen molar-refractivity contribution in [1.82, 2.24) is 4.90 Å². The van der Waals surface area contributed by atoms with E-state index in [1.807, 2.05) is 19.2 Å².